The molecule has 0 heterocycles. The fourth-order valence-corrected chi connectivity index (χ4v) is 0.641. The van der Waals surface area contributed by atoms with Crippen LogP contribution in [0.15, 0.2) is 4.99 Å². The van der Waals surface area contributed by atoms with Crippen LogP contribution < -0.4 is 0 Å². The van der Waals surface area contributed by atoms with Gasteiger partial charge in [0.25, 0.3) is 0 Å². The van der Waals surface area contributed by atoms with Gasteiger partial charge >= 0.3 is 6.18 Å². The molecule has 0 aromatic heterocycles. The van der Waals surface area contributed by atoms with Crippen LogP contribution in [0.1, 0.15) is 13.8 Å². The number of rotatable bonds is 2. The summed E-state index contributed by atoms with van der Waals surface area (Å²) in [7, 11) is 1.26. The third-order valence-electron chi connectivity index (χ3n) is 1.76. The molecule has 0 saturated heterocycles. The Morgan fingerprint density at radius 2 is 1.83 bits per heavy atom. The number of hydrogen-bond donors (Lipinski definition) is 1. The van der Waals surface area contributed by atoms with E-state index in [9.17, 15) is 13.2 Å². The van der Waals surface area contributed by atoms with Crippen LogP contribution in [-0.2, 0) is 0 Å². The smallest absolute Gasteiger partial charge is 0.309 e. The first-order valence-electron chi connectivity index (χ1n) is 3.31. The van der Waals surface area contributed by atoms with Crippen molar-refractivity contribution in [2.24, 2.45) is 10.4 Å². The Morgan fingerprint density at radius 3 is 1.92 bits per heavy atom. The van der Waals surface area contributed by atoms with E-state index >= 15 is 0 Å². The third-order valence-corrected chi connectivity index (χ3v) is 1.76. The van der Waals surface area contributed by atoms with Crippen molar-refractivity contribution >= 4 is 11.9 Å². The average Bonchev–Trinajstić information content (AvgIpc) is 1.85. The molecule has 12 heavy (non-hydrogen) atoms. The Kier molecular flexibility index (Phi) is 3.01. The molecule has 1 N–H and O–H groups in total. The van der Waals surface area contributed by atoms with E-state index in [0.29, 0.717) is 0 Å². The molecule has 0 fully saturated rings. The number of nitrogens with one attached hydrogen (secondary N) is 1. The summed E-state index contributed by atoms with van der Waals surface area (Å²) < 4.78 is 36.9. The van der Waals surface area contributed by atoms with E-state index in [1.807, 2.05) is 0 Å². The van der Waals surface area contributed by atoms with E-state index in [4.69, 9.17) is 5.41 Å². The Bertz CT molecular complexity index is 207. The second kappa shape index (κ2) is 3.25. The minimum Gasteiger partial charge on any atom is -0.309 e. The second-order valence-corrected chi connectivity index (χ2v) is 2.71. The summed E-state index contributed by atoms with van der Waals surface area (Å²) in [6.07, 6.45) is -3.70. The first kappa shape index (κ1) is 11.1. The Balaban J connectivity index is 5.01. The number of nitrogens with zero attached hydrogens (tertiary/aromatic N) is 1. The maximum absolute atomic E-state index is 12.3. The fourth-order valence-electron chi connectivity index (χ4n) is 0.641. The fraction of sp³-hybridized carbons (Fsp3) is 0.714. The Hall–Kier alpha value is -0.870. The maximum atomic E-state index is 12.3. The van der Waals surface area contributed by atoms with Gasteiger partial charge in [0.2, 0.25) is 0 Å². The lowest BCUT2D eigenvalue weighted by Gasteiger charge is -2.26. The van der Waals surface area contributed by atoms with Crippen molar-refractivity contribution in [3.8, 4) is 0 Å². The molecule has 0 aromatic carbocycles. The van der Waals surface area contributed by atoms with Gasteiger partial charge in [-0.25, -0.2) is 0 Å². The van der Waals surface area contributed by atoms with E-state index < -0.39 is 17.3 Å². The van der Waals surface area contributed by atoms with Crippen LogP contribution in [0.4, 0.5) is 13.2 Å². The third kappa shape index (κ3) is 1.84. The topological polar surface area (TPSA) is 36.2 Å². The molecular weight excluding hydrogens is 169 g/mol. The highest BCUT2D eigenvalue weighted by Gasteiger charge is 2.51. The lowest BCUT2D eigenvalue weighted by molar-refractivity contribution is -0.168. The summed E-state index contributed by atoms with van der Waals surface area (Å²) in [4.78, 5) is 3.31. The van der Waals surface area contributed by atoms with E-state index in [2.05, 4.69) is 4.99 Å². The van der Waals surface area contributed by atoms with E-state index in [0.717, 1.165) is 20.1 Å². The predicted molar refractivity (Wildman–Crippen MR) is 42.0 cm³/mol. The molecule has 1 atom stereocenters. The van der Waals surface area contributed by atoms with Gasteiger partial charge in [0.1, 0.15) is 5.41 Å². The van der Waals surface area contributed by atoms with Crippen LogP contribution in [0.2, 0.25) is 0 Å². The zero-order chi connectivity index (χ0) is 9.99. The van der Waals surface area contributed by atoms with Gasteiger partial charge < -0.3 is 5.41 Å². The summed E-state index contributed by atoms with van der Waals surface area (Å²) in [5.41, 5.74) is -2.68. The summed E-state index contributed by atoms with van der Waals surface area (Å²) in [6, 6.07) is 0. The monoisotopic (exact) mass is 180 g/mol. The van der Waals surface area contributed by atoms with Gasteiger partial charge in [-0.3, -0.25) is 4.99 Å². The van der Waals surface area contributed by atoms with Crippen molar-refractivity contribution in [1.29, 1.82) is 5.41 Å². The molecule has 1 unspecified atom stereocenters. The normalized spacial score (nSPS) is 17.8. The Labute approximate surface area is 69.0 Å². The van der Waals surface area contributed by atoms with Gasteiger partial charge in [-0.15, -0.1) is 0 Å². The quantitative estimate of drug-likeness (QED) is 0.633. The predicted octanol–water partition coefficient (Wildman–Crippen LogP) is 2.30. The SMILES string of the molecule is CN=CC(C)(C(C)=N)C(F)(F)F. The number of alkyl halides is 3. The highest BCUT2D eigenvalue weighted by atomic mass is 19.4. The largest absolute Gasteiger partial charge is 0.404 e. The van der Waals surface area contributed by atoms with Crippen molar-refractivity contribution < 1.29 is 13.2 Å². The van der Waals surface area contributed by atoms with Gasteiger partial charge in [-0.1, -0.05) is 0 Å². The number of halogens is 3. The number of aliphatic imine (C=N–C) groups is 1. The van der Waals surface area contributed by atoms with Gasteiger partial charge in [0.15, 0.2) is 0 Å². The van der Waals surface area contributed by atoms with Crippen LogP contribution in [-0.4, -0.2) is 25.2 Å². The van der Waals surface area contributed by atoms with Crippen molar-refractivity contribution in [1.82, 2.24) is 0 Å². The molecule has 0 spiro atoms. The molecule has 0 aromatic rings. The van der Waals surface area contributed by atoms with Crippen LogP contribution in [0.3, 0.4) is 0 Å². The lowest BCUT2D eigenvalue weighted by atomic mass is 9.86. The molecule has 0 aliphatic heterocycles. The van der Waals surface area contributed by atoms with E-state index in [1.54, 1.807) is 0 Å². The first-order valence-corrected chi connectivity index (χ1v) is 3.31. The molecule has 5 heteroatoms. The summed E-state index contributed by atoms with van der Waals surface area (Å²) in [5, 5.41) is 7.00. The minimum absolute atomic E-state index is 0.458. The van der Waals surface area contributed by atoms with Crippen molar-refractivity contribution in [2.45, 2.75) is 20.0 Å². The molecule has 0 aliphatic rings. The van der Waals surface area contributed by atoms with Crippen LogP contribution >= 0.6 is 0 Å². The van der Waals surface area contributed by atoms with Gasteiger partial charge in [-0.05, 0) is 13.8 Å². The average molecular weight is 180 g/mol. The molecule has 0 radical (unpaired) electrons. The highest BCUT2D eigenvalue weighted by Crippen LogP contribution is 2.37. The highest BCUT2D eigenvalue weighted by molar-refractivity contribution is 6.00. The number of hydrogen-bond acceptors (Lipinski definition) is 2. The summed E-state index contributed by atoms with van der Waals surface area (Å²) in [6.45, 7) is 2.05. The van der Waals surface area contributed by atoms with Crippen LogP contribution in [0.5, 0.6) is 0 Å². The standard InChI is InChI=1S/C7H11F3N2/c1-5(11)6(2,4-12-3)7(8,9)10/h4,11H,1-3H3. The zero-order valence-corrected chi connectivity index (χ0v) is 7.16. The Morgan fingerprint density at radius 1 is 1.42 bits per heavy atom. The lowest BCUT2D eigenvalue weighted by Crippen LogP contribution is -2.42. The molecule has 0 rings (SSSR count). The van der Waals surface area contributed by atoms with Gasteiger partial charge in [-0.2, -0.15) is 13.2 Å². The summed E-state index contributed by atoms with van der Waals surface area (Å²) >= 11 is 0. The van der Waals surface area contributed by atoms with E-state index in [-0.39, 0.29) is 0 Å². The van der Waals surface area contributed by atoms with Crippen molar-refractivity contribution in [2.75, 3.05) is 7.05 Å². The second-order valence-electron chi connectivity index (χ2n) is 2.71. The van der Waals surface area contributed by atoms with Gasteiger partial charge in [0.05, 0.1) is 0 Å². The van der Waals surface area contributed by atoms with Crippen molar-refractivity contribution in [3.05, 3.63) is 0 Å². The molecule has 0 bridgehead atoms. The van der Waals surface area contributed by atoms with Gasteiger partial charge in [0, 0.05) is 19.0 Å². The molecule has 0 amide bonds. The first-order chi connectivity index (χ1) is 5.25. The zero-order valence-electron chi connectivity index (χ0n) is 7.16. The summed E-state index contributed by atoms with van der Waals surface area (Å²) in [5.74, 6) is 0. The molecule has 70 valence electrons. The van der Waals surface area contributed by atoms with Crippen LogP contribution in [0, 0.1) is 10.8 Å². The molecule has 0 saturated carbocycles. The molecule has 0 aliphatic carbocycles. The minimum atomic E-state index is -4.45. The maximum Gasteiger partial charge on any atom is 0.404 e. The molecular formula is C7H11F3N2. The van der Waals surface area contributed by atoms with E-state index in [1.165, 1.54) is 7.05 Å². The van der Waals surface area contributed by atoms with Crippen molar-refractivity contribution in [3.63, 3.8) is 0 Å². The molecule has 2 nitrogen and oxygen atoms in total. The van der Waals surface area contributed by atoms with Crippen LogP contribution in [0.25, 0.3) is 0 Å².